The van der Waals surface area contributed by atoms with E-state index in [1.807, 2.05) is 6.08 Å². The molecule has 1 aliphatic rings. The van der Waals surface area contributed by atoms with E-state index in [-0.39, 0.29) is 13.5 Å². The molecule has 2 heteroatoms. The predicted octanol–water partition coefficient (Wildman–Crippen LogP) is 2.54. The molecule has 0 spiro atoms. The summed E-state index contributed by atoms with van der Waals surface area (Å²) in [5, 5.41) is 0. The Morgan fingerprint density at radius 1 is 1.45 bits per heavy atom. The minimum absolute atomic E-state index is 0. The summed E-state index contributed by atoms with van der Waals surface area (Å²) in [6.45, 7) is 8.20. The first kappa shape index (κ1) is 10.4. The van der Waals surface area contributed by atoms with Crippen LogP contribution in [0.25, 0.3) is 0 Å². The third kappa shape index (κ3) is 2.85. The molecule has 0 N–H and O–H groups in total. The Bertz CT molecular complexity index is 182. The van der Waals surface area contributed by atoms with E-state index in [0.29, 0.717) is 0 Å². The normalized spacial score (nSPS) is 20.4. The fourth-order valence-corrected chi connectivity index (χ4v) is 1.01. The second kappa shape index (κ2) is 5.08. The average molecular weight is 170 g/mol. The summed E-state index contributed by atoms with van der Waals surface area (Å²) in [7, 11) is 0. The van der Waals surface area contributed by atoms with Crippen molar-refractivity contribution >= 4 is 13.5 Å². The zero-order valence-corrected chi connectivity index (χ0v) is 7.60. The van der Waals surface area contributed by atoms with Gasteiger partial charge in [-0.25, -0.2) is 0 Å². The minimum Gasteiger partial charge on any atom is -0.494 e. The lowest BCUT2D eigenvalue weighted by molar-refractivity contribution is 0.195. The van der Waals surface area contributed by atoms with Gasteiger partial charge in [-0.1, -0.05) is 25.3 Å². The quantitative estimate of drug-likeness (QED) is 0.587. The molecule has 11 heavy (non-hydrogen) atoms. The largest absolute Gasteiger partial charge is 0.494 e. The minimum atomic E-state index is 0. The lowest BCUT2D eigenvalue weighted by Gasteiger charge is -2.17. The number of hydrogen-bond acceptors (Lipinski definition) is 1. The second-order valence-corrected chi connectivity index (χ2v) is 2.30. The molecule has 0 radical (unpaired) electrons. The molecule has 0 atom stereocenters. The van der Waals surface area contributed by atoms with Crippen LogP contribution in [-0.4, -0.2) is 6.61 Å². The molecule has 0 aliphatic carbocycles. The van der Waals surface area contributed by atoms with Gasteiger partial charge >= 0.3 is 0 Å². The van der Waals surface area contributed by atoms with Crippen LogP contribution in [0.4, 0.5) is 0 Å². The standard InChI is InChI=1S/C9H12O.H2S/c1-3-5-9-6-4-7-10-8(9)2;/h3,5H,1-2,4,6-7H2;1H2/b9-5-;. The van der Waals surface area contributed by atoms with Gasteiger partial charge in [0, 0.05) is 0 Å². The van der Waals surface area contributed by atoms with Crippen LogP contribution in [0, 0.1) is 0 Å². The maximum Gasteiger partial charge on any atom is 0.115 e. The maximum atomic E-state index is 5.23. The molecule has 0 aromatic heterocycles. The highest BCUT2D eigenvalue weighted by molar-refractivity contribution is 7.59. The Kier molecular flexibility index (Phi) is 4.79. The zero-order valence-electron chi connectivity index (χ0n) is 6.60. The lowest BCUT2D eigenvalue weighted by atomic mass is 10.1. The van der Waals surface area contributed by atoms with Gasteiger partial charge in [-0.15, -0.1) is 0 Å². The Hall–Kier alpha value is -0.630. The van der Waals surface area contributed by atoms with Crippen LogP contribution in [-0.2, 0) is 4.74 Å². The van der Waals surface area contributed by atoms with E-state index in [4.69, 9.17) is 4.74 Å². The molecule has 0 aromatic rings. The highest BCUT2D eigenvalue weighted by Gasteiger charge is 2.08. The number of allylic oxidation sites excluding steroid dienone is 3. The molecule has 0 bridgehead atoms. The molecule has 62 valence electrons. The Balaban J connectivity index is 0.000001000. The summed E-state index contributed by atoms with van der Waals surface area (Å²) in [6, 6.07) is 0. The lowest BCUT2D eigenvalue weighted by Crippen LogP contribution is -2.04. The van der Waals surface area contributed by atoms with E-state index >= 15 is 0 Å². The van der Waals surface area contributed by atoms with Gasteiger partial charge in [0.2, 0.25) is 0 Å². The van der Waals surface area contributed by atoms with E-state index in [0.717, 1.165) is 25.2 Å². The van der Waals surface area contributed by atoms with E-state index in [1.54, 1.807) is 6.08 Å². The number of rotatable bonds is 1. The van der Waals surface area contributed by atoms with Gasteiger partial charge in [0.05, 0.1) is 6.61 Å². The van der Waals surface area contributed by atoms with Crippen molar-refractivity contribution in [2.75, 3.05) is 6.61 Å². The number of hydrogen-bond donors (Lipinski definition) is 0. The van der Waals surface area contributed by atoms with Gasteiger partial charge < -0.3 is 4.74 Å². The first-order valence-corrected chi connectivity index (χ1v) is 3.48. The monoisotopic (exact) mass is 170 g/mol. The van der Waals surface area contributed by atoms with Crippen LogP contribution in [0.15, 0.2) is 36.6 Å². The first-order chi connectivity index (χ1) is 4.84. The highest BCUT2D eigenvalue weighted by atomic mass is 32.1. The van der Waals surface area contributed by atoms with Crippen molar-refractivity contribution in [3.8, 4) is 0 Å². The third-order valence-electron chi connectivity index (χ3n) is 1.54. The van der Waals surface area contributed by atoms with E-state index in [9.17, 15) is 0 Å². The van der Waals surface area contributed by atoms with Crippen LogP contribution in [0.5, 0.6) is 0 Å². The Morgan fingerprint density at radius 2 is 2.18 bits per heavy atom. The highest BCUT2D eigenvalue weighted by Crippen LogP contribution is 2.21. The third-order valence-corrected chi connectivity index (χ3v) is 1.54. The molecular formula is C9H14OS. The van der Waals surface area contributed by atoms with Crippen molar-refractivity contribution in [1.29, 1.82) is 0 Å². The van der Waals surface area contributed by atoms with Gasteiger partial charge in [0.15, 0.2) is 0 Å². The molecule has 1 nitrogen and oxygen atoms in total. The first-order valence-electron chi connectivity index (χ1n) is 3.48. The Morgan fingerprint density at radius 3 is 2.73 bits per heavy atom. The smallest absolute Gasteiger partial charge is 0.115 e. The topological polar surface area (TPSA) is 9.23 Å². The average Bonchev–Trinajstić information content (AvgIpc) is 1.94. The molecule has 1 fully saturated rings. The predicted molar refractivity (Wildman–Crippen MR) is 53.0 cm³/mol. The molecule has 1 saturated heterocycles. The Labute approximate surface area is 74.9 Å². The molecule has 0 unspecified atom stereocenters. The molecule has 0 saturated carbocycles. The summed E-state index contributed by atoms with van der Waals surface area (Å²) in [5.74, 6) is 0.811. The van der Waals surface area contributed by atoms with Gasteiger partial charge in [-0.3, -0.25) is 0 Å². The van der Waals surface area contributed by atoms with Crippen molar-refractivity contribution in [1.82, 2.24) is 0 Å². The van der Waals surface area contributed by atoms with Gasteiger partial charge in [-0.2, -0.15) is 13.5 Å². The summed E-state index contributed by atoms with van der Waals surface area (Å²) < 4.78 is 5.23. The fourth-order valence-electron chi connectivity index (χ4n) is 1.01. The van der Waals surface area contributed by atoms with Gasteiger partial charge in [0.25, 0.3) is 0 Å². The number of ether oxygens (including phenoxy) is 1. The van der Waals surface area contributed by atoms with Crippen molar-refractivity contribution < 1.29 is 4.74 Å². The molecular weight excluding hydrogens is 156 g/mol. The van der Waals surface area contributed by atoms with Crippen LogP contribution in [0.2, 0.25) is 0 Å². The summed E-state index contributed by atoms with van der Waals surface area (Å²) in [5.41, 5.74) is 1.18. The van der Waals surface area contributed by atoms with E-state index < -0.39 is 0 Å². The summed E-state index contributed by atoms with van der Waals surface area (Å²) >= 11 is 0. The van der Waals surface area contributed by atoms with Gasteiger partial charge in [0.1, 0.15) is 5.76 Å². The summed E-state index contributed by atoms with van der Waals surface area (Å²) in [6.07, 6.45) is 5.90. The molecule has 1 rings (SSSR count). The van der Waals surface area contributed by atoms with Crippen molar-refractivity contribution in [3.05, 3.63) is 36.6 Å². The van der Waals surface area contributed by atoms with Crippen molar-refractivity contribution in [2.45, 2.75) is 12.8 Å². The second-order valence-electron chi connectivity index (χ2n) is 2.30. The van der Waals surface area contributed by atoms with E-state index in [2.05, 4.69) is 13.2 Å². The van der Waals surface area contributed by atoms with Crippen molar-refractivity contribution in [2.24, 2.45) is 0 Å². The van der Waals surface area contributed by atoms with E-state index in [1.165, 1.54) is 5.57 Å². The van der Waals surface area contributed by atoms with Crippen molar-refractivity contribution in [3.63, 3.8) is 0 Å². The SMILES string of the molecule is C=C/C=C1/CCCOC1=C.S. The van der Waals surface area contributed by atoms with Crippen LogP contribution in [0.1, 0.15) is 12.8 Å². The van der Waals surface area contributed by atoms with Crippen LogP contribution < -0.4 is 0 Å². The molecule has 1 heterocycles. The zero-order chi connectivity index (χ0) is 7.40. The maximum absolute atomic E-state index is 5.23. The molecule has 0 amide bonds. The van der Waals surface area contributed by atoms with Crippen LogP contribution in [0.3, 0.4) is 0 Å². The fraction of sp³-hybridized carbons (Fsp3) is 0.333. The summed E-state index contributed by atoms with van der Waals surface area (Å²) in [4.78, 5) is 0. The van der Waals surface area contributed by atoms with Gasteiger partial charge in [-0.05, 0) is 18.4 Å². The van der Waals surface area contributed by atoms with Crippen LogP contribution >= 0.6 is 13.5 Å². The molecule has 0 aromatic carbocycles. The molecule has 1 aliphatic heterocycles.